The third kappa shape index (κ3) is 4.28. The Hall–Kier alpha value is -1.81. The molecule has 17 heavy (non-hydrogen) atoms. The minimum Gasteiger partial charge on any atom is -0.466 e. The highest BCUT2D eigenvalue weighted by Gasteiger charge is 2.06. The van der Waals surface area contributed by atoms with Gasteiger partial charge in [0.25, 0.3) is 0 Å². The first-order valence-electron chi connectivity index (χ1n) is 5.78. The van der Waals surface area contributed by atoms with Crippen molar-refractivity contribution in [3.05, 3.63) is 42.2 Å². The molecule has 92 valence electrons. The minimum atomic E-state index is -0.196. The number of aliphatic imine (C=N–C) groups is 1. The van der Waals surface area contributed by atoms with Crippen molar-refractivity contribution in [2.24, 2.45) is 10.7 Å². The summed E-state index contributed by atoms with van der Waals surface area (Å²) in [5.74, 6) is 0.798. The molecule has 1 aliphatic heterocycles. The normalized spacial score (nSPS) is 16.8. The van der Waals surface area contributed by atoms with Crippen LogP contribution in [0.2, 0.25) is 0 Å². The molecule has 1 atom stereocenters. The quantitative estimate of drug-likeness (QED) is 0.839. The number of hydrogen-bond acceptors (Lipinski definition) is 4. The Bertz CT molecular complexity index is 371. The fourth-order valence-electron chi connectivity index (χ4n) is 1.27. The van der Waals surface area contributed by atoms with Crippen molar-refractivity contribution in [2.75, 3.05) is 0 Å². The van der Waals surface area contributed by atoms with Gasteiger partial charge >= 0.3 is 0 Å². The molecule has 0 spiro atoms. The van der Waals surface area contributed by atoms with Gasteiger partial charge in [0.1, 0.15) is 5.75 Å². The molecule has 1 aromatic carbocycles. The highest BCUT2D eigenvalue weighted by molar-refractivity contribution is 5.65. The van der Waals surface area contributed by atoms with E-state index in [2.05, 4.69) is 10.3 Å². The summed E-state index contributed by atoms with van der Waals surface area (Å²) in [4.78, 5) is 3.98. The average molecular weight is 233 g/mol. The van der Waals surface area contributed by atoms with Gasteiger partial charge in [0.2, 0.25) is 6.23 Å². The summed E-state index contributed by atoms with van der Waals surface area (Å²) >= 11 is 0. The van der Waals surface area contributed by atoms with Crippen LogP contribution in [0, 0.1) is 0 Å². The maximum Gasteiger partial charge on any atom is 0.206 e. The summed E-state index contributed by atoms with van der Waals surface area (Å²) in [6, 6.07) is 7.70. The summed E-state index contributed by atoms with van der Waals surface area (Å²) in [6.45, 7) is 4.55. The number of nitrogens with one attached hydrogen (secondary N) is 1. The Morgan fingerprint density at radius 3 is 2.53 bits per heavy atom. The largest absolute Gasteiger partial charge is 0.466 e. The van der Waals surface area contributed by atoms with Gasteiger partial charge in [-0.05, 0) is 17.7 Å². The number of ether oxygens (including phenoxy) is 1. The molecule has 0 bridgehead atoms. The zero-order valence-electron chi connectivity index (χ0n) is 10.3. The van der Waals surface area contributed by atoms with Crippen molar-refractivity contribution in [1.82, 2.24) is 5.32 Å². The first-order valence-corrected chi connectivity index (χ1v) is 5.78. The van der Waals surface area contributed by atoms with Gasteiger partial charge in [0.05, 0.1) is 6.21 Å². The predicted molar refractivity (Wildman–Crippen MR) is 70.9 cm³/mol. The molecule has 0 aromatic heterocycles. The van der Waals surface area contributed by atoms with Gasteiger partial charge in [0, 0.05) is 18.9 Å². The number of hydrogen-bond donors (Lipinski definition) is 2. The molecule has 2 rings (SSSR count). The van der Waals surface area contributed by atoms with Gasteiger partial charge in [-0.25, -0.2) is 0 Å². The summed E-state index contributed by atoms with van der Waals surface area (Å²) in [5.41, 5.74) is 6.59. The molecule has 0 saturated carbocycles. The van der Waals surface area contributed by atoms with Crippen molar-refractivity contribution in [2.45, 2.75) is 26.6 Å². The lowest BCUT2D eigenvalue weighted by Gasteiger charge is -2.16. The van der Waals surface area contributed by atoms with Gasteiger partial charge in [-0.3, -0.25) is 4.99 Å². The standard InChI is InChI=1S/C11H13N3O.C2H6/c12-7-9-1-3-10(4-2-9)15-11-8-13-5-6-14-11;1-2/h1-6,8,11,14H,7,12H2;1-2H3. The molecule has 4 heteroatoms. The number of benzene rings is 1. The Kier molecular flexibility index (Phi) is 5.82. The van der Waals surface area contributed by atoms with E-state index in [-0.39, 0.29) is 6.23 Å². The summed E-state index contributed by atoms with van der Waals surface area (Å²) in [6.07, 6.45) is 4.94. The van der Waals surface area contributed by atoms with E-state index in [4.69, 9.17) is 10.5 Å². The molecule has 0 radical (unpaired) electrons. The van der Waals surface area contributed by atoms with Crippen LogP contribution in [0.15, 0.2) is 41.7 Å². The van der Waals surface area contributed by atoms with Crippen LogP contribution in [0.1, 0.15) is 19.4 Å². The van der Waals surface area contributed by atoms with Gasteiger partial charge in [-0.2, -0.15) is 0 Å². The highest BCUT2D eigenvalue weighted by atomic mass is 16.5. The summed E-state index contributed by atoms with van der Waals surface area (Å²) < 4.78 is 5.60. The van der Waals surface area contributed by atoms with Crippen LogP contribution in [-0.2, 0) is 6.54 Å². The Balaban J connectivity index is 0.000000686. The predicted octanol–water partition coefficient (Wildman–Crippen LogP) is 2.02. The molecule has 1 aliphatic rings. The number of nitrogens with zero attached hydrogens (tertiary/aromatic N) is 1. The van der Waals surface area contributed by atoms with E-state index in [0.29, 0.717) is 6.54 Å². The zero-order valence-corrected chi connectivity index (χ0v) is 10.3. The second-order valence-corrected chi connectivity index (χ2v) is 3.17. The Morgan fingerprint density at radius 2 is 2.00 bits per heavy atom. The first-order chi connectivity index (χ1) is 8.38. The first kappa shape index (κ1) is 13.3. The van der Waals surface area contributed by atoms with Gasteiger partial charge in [-0.1, -0.05) is 26.0 Å². The molecular weight excluding hydrogens is 214 g/mol. The molecule has 0 aliphatic carbocycles. The van der Waals surface area contributed by atoms with Crippen LogP contribution in [0.5, 0.6) is 5.75 Å². The lowest BCUT2D eigenvalue weighted by Crippen LogP contribution is -2.33. The van der Waals surface area contributed by atoms with E-state index < -0.39 is 0 Å². The SMILES string of the molecule is CC.NCc1ccc(OC2C=NC=CN2)cc1. The van der Waals surface area contributed by atoms with E-state index in [0.717, 1.165) is 11.3 Å². The fraction of sp³-hybridized carbons (Fsp3) is 0.308. The van der Waals surface area contributed by atoms with Crippen molar-refractivity contribution < 1.29 is 4.74 Å². The molecule has 4 nitrogen and oxygen atoms in total. The third-order valence-corrected chi connectivity index (χ3v) is 2.06. The molecule has 3 N–H and O–H groups in total. The minimum absolute atomic E-state index is 0.196. The molecule has 0 fully saturated rings. The second kappa shape index (κ2) is 7.46. The highest BCUT2D eigenvalue weighted by Crippen LogP contribution is 2.13. The number of nitrogens with two attached hydrogens (primary N) is 1. The second-order valence-electron chi connectivity index (χ2n) is 3.17. The van der Waals surface area contributed by atoms with Gasteiger partial charge < -0.3 is 15.8 Å². The monoisotopic (exact) mass is 233 g/mol. The zero-order chi connectivity index (χ0) is 12.5. The molecule has 0 saturated heterocycles. The summed E-state index contributed by atoms with van der Waals surface area (Å²) in [5, 5.41) is 3.02. The maximum atomic E-state index is 5.60. The van der Waals surface area contributed by atoms with E-state index in [9.17, 15) is 0 Å². The maximum absolute atomic E-state index is 5.60. The molecular formula is C13H19N3O. The van der Waals surface area contributed by atoms with Crippen LogP contribution < -0.4 is 15.8 Å². The van der Waals surface area contributed by atoms with Crippen molar-refractivity contribution in [1.29, 1.82) is 0 Å². The molecule has 0 amide bonds. The average Bonchev–Trinajstić information content (AvgIpc) is 2.43. The smallest absolute Gasteiger partial charge is 0.206 e. The Labute approximate surface area is 102 Å². The molecule has 1 unspecified atom stereocenters. The third-order valence-electron chi connectivity index (χ3n) is 2.06. The molecule has 1 heterocycles. The van der Waals surface area contributed by atoms with E-state index >= 15 is 0 Å². The van der Waals surface area contributed by atoms with E-state index in [1.807, 2.05) is 38.1 Å². The molecule has 1 aromatic rings. The van der Waals surface area contributed by atoms with Gasteiger partial charge in [0.15, 0.2) is 0 Å². The van der Waals surface area contributed by atoms with Crippen LogP contribution >= 0.6 is 0 Å². The lowest BCUT2D eigenvalue weighted by molar-refractivity contribution is 0.249. The van der Waals surface area contributed by atoms with Crippen molar-refractivity contribution in [3.8, 4) is 5.75 Å². The van der Waals surface area contributed by atoms with E-state index in [1.165, 1.54) is 0 Å². The van der Waals surface area contributed by atoms with Crippen LogP contribution in [0.4, 0.5) is 0 Å². The van der Waals surface area contributed by atoms with Crippen LogP contribution in [0.3, 0.4) is 0 Å². The topological polar surface area (TPSA) is 59.6 Å². The van der Waals surface area contributed by atoms with E-state index in [1.54, 1.807) is 18.6 Å². The van der Waals surface area contributed by atoms with Crippen LogP contribution in [0.25, 0.3) is 0 Å². The fourth-order valence-corrected chi connectivity index (χ4v) is 1.27. The van der Waals surface area contributed by atoms with Crippen molar-refractivity contribution in [3.63, 3.8) is 0 Å². The Morgan fingerprint density at radius 1 is 1.29 bits per heavy atom. The lowest BCUT2D eigenvalue weighted by atomic mass is 10.2. The van der Waals surface area contributed by atoms with Gasteiger partial charge in [-0.15, -0.1) is 0 Å². The van der Waals surface area contributed by atoms with Crippen LogP contribution in [-0.4, -0.2) is 12.4 Å². The van der Waals surface area contributed by atoms with Crippen molar-refractivity contribution >= 4 is 6.21 Å². The summed E-state index contributed by atoms with van der Waals surface area (Å²) in [7, 11) is 0. The number of rotatable bonds is 3.